The van der Waals surface area contributed by atoms with Crippen LogP contribution in [-0.2, 0) is 14.3 Å². The van der Waals surface area contributed by atoms with E-state index in [1.165, 1.54) is 32.1 Å². The first-order valence-corrected chi connectivity index (χ1v) is 9.21. The first-order chi connectivity index (χ1) is 11.1. The Kier molecular flexibility index (Phi) is 5.24. The van der Waals surface area contributed by atoms with Crippen molar-refractivity contribution in [2.24, 2.45) is 11.3 Å². The molecule has 2 saturated heterocycles. The lowest BCUT2D eigenvalue weighted by atomic mass is 9.77. The Bertz CT molecular complexity index is 448. The molecule has 2 aliphatic heterocycles. The highest BCUT2D eigenvalue weighted by Gasteiger charge is 2.49. The molecule has 0 aromatic carbocycles. The molecule has 3 rings (SSSR count). The van der Waals surface area contributed by atoms with Gasteiger partial charge in [-0.1, -0.05) is 19.3 Å². The Morgan fingerprint density at radius 1 is 1.17 bits per heavy atom. The van der Waals surface area contributed by atoms with Crippen LogP contribution in [0.1, 0.15) is 51.4 Å². The van der Waals surface area contributed by atoms with Gasteiger partial charge in [-0.05, 0) is 38.0 Å². The molecule has 1 aliphatic carbocycles. The van der Waals surface area contributed by atoms with Crippen LogP contribution in [0.4, 0.5) is 0 Å². The number of rotatable bonds is 4. The Hall–Kier alpha value is -1.10. The van der Waals surface area contributed by atoms with E-state index in [4.69, 9.17) is 4.74 Å². The van der Waals surface area contributed by atoms with Gasteiger partial charge in [-0.2, -0.15) is 0 Å². The molecule has 2 amide bonds. The SMILES string of the molecule is COCC(=O)N1CC[C@]2(CCCN(CC3CCCCC3)C2=O)C1. The molecule has 0 bridgehead atoms. The van der Waals surface area contributed by atoms with E-state index in [0.29, 0.717) is 24.9 Å². The molecule has 3 aliphatic rings. The number of likely N-dealkylation sites (tertiary alicyclic amines) is 2. The fourth-order valence-corrected chi connectivity index (χ4v) is 4.69. The zero-order valence-electron chi connectivity index (χ0n) is 14.4. The van der Waals surface area contributed by atoms with Crippen molar-refractivity contribution in [2.45, 2.75) is 51.4 Å². The van der Waals surface area contributed by atoms with E-state index < -0.39 is 0 Å². The molecule has 1 atom stereocenters. The average molecular weight is 322 g/mol. The van der Waals surface area contributed by atoms with Crippen molar-refractivity contribution in [2.75, 3.05) is 39.9 Å². The summed E-state index contributed by atoms with van der Waals surface area (Å²) in [7, 11) is 1.54. The second-order valence-corrected chi connectivity index (χ2v) is 7.64. The number of ether oxygens (including phenoxy) is 1. The Labute approximate surface area is 139 Å². The van der Waals surface area contributed by atoms with E-state index in [1.54, 1.807) is 7.11 Å². The van der Waals surface area contributed by atoms with Gasteiger partial charge in [-0.3, -0.25) is 9.59 Å². The topological polar surface area (TPSA) is 49.9 Å². The van der Waals surface area contributed by atoms with Gasteiger partial charge < -0.3 is 14.5 Å². The second-order valence-electron chi connectivity index (χ2n) is 7.64. The highest BCUT2D eigenvalue weighted by atomic mass is 16.5. The molecular weight excluding hydrogens is 292 g/mol. The minimum Gasteiger partial charge on any atom is -0.375 e. The van der Waals surface area contributed by atoms with Crippen LogP contribution in [0.3, 0.4) is 0 Å². The summed E-state index contributed by atoms with van der Waals surface area (Å²) in [5.74, 6) is 1.01. The minimum absolute atomic E-state index is 0.0154. The number of carbonyl (C=O) groups is 2. The number of nitrogens with zero attached hydrogens (tertiary/aromatic N) is 2. The normalized spacial score (nSPS) is 29.5. The summed E-state index contributed by atoms with van der Waals surface area (Å²) in [6.07, 6.45) is 9.36. The molecule has 5 nitrogen and oxygen atoms in total. The number of piperidine rings is 1. The van der Waals surface area contributed by atoms with E-state index >= 15 is 0 Å². The molecule has 2 heterocycles. The van der Waals surface area contributed by atoms with Crippen molar-refractivity contribution >= 4 is 11.8 Å². The zero-order chi connectivity index (χ0) is 16.3. The van der Waals surface area contributed by atoms with Crippen LogP contribution in [0.5, 0.6) is 0 Å². The maximum atomic E-state index is 13.1. The highest BCUT2D eigenvalue weighted by molar-refractivity contribution is 5.86. The maximum Gasteiger partial charge on any atom is 0.248 e. The van der Waals surface area contributed by atoms with Gasteiger partial charge in [0.15, 0.2) is 0 Å². The largest absolute Gasteiger partial charge is 0.375 e. The summed E-state index contributed by atoms with van der Waals surface area (Å²) in [6.45, 7) is 3.26. The second kappa shape index (κ2) is 7.20. The number of hydrogen-bond donors (Lipinski definition) is 0. The van der Waals surface area contributed by atoms with E-state index in [-0.39, 0.29) is 17.9 Å². The number of amides is 2. The molecule has 0 aromatic rings. The van der Waals surface area contributed by atoms with Crippen LogP contribution in [0.15, 0.2) is 0 Å². The minimum atomic E-state index is -0.309. The molecule has 0 radical (unpaired) electrons. The molecule has 0 N–H and O–H groups in total. The Morgan fingerprint density at radius 2 is 1.96 bits per heavy atom. The summed E-state index contributed by atoms with van der Waals surface area (Å²) < 4.78 is 4.95. The van der Waals surface area contributed by atoms with Gasteiger partial charge in [-0.25, -0.2) is 0 Å². The molecule has 0 unspecified atom stereocenters. The standard InChI is InChI=1S/C18H30N2O3/c1-23-13-16(21)20-11-9-18(14-20)8-5-10-19(17(18)22)12-15-6-3-2-4-7-15/h15H,2-14H2,1H3/t18-/m1/s1. The van der Waals surface area contributed by atoms with Gasteiger partial charge in [0, 0.05) is 33.3 Å². The monoisotopic (exact) mass is 322 g/mol. The summed E-state index contributed by atoms with van der Waals surface area (Å²) in [6, 6.07) is 0. The lowest BCUT2D eigenvalue weighted by molar-refractivity contribution is -0.147. The average Bonchev–Trinajstić information content (AvgIpc) is 2.99. The Balaban J connectivity index is 1.61. The van der Waals surface area contributed by atoms with Crippen LogP contribution in [0, 0.1) is 11.3 Å². The lowest BCUT2D eigenvalue weighted by Gasteiger charge is -2.41. The van der Waals surface area contributed by atoms with E-state index in [1.807, 2.05) is 4.90 Å². The highest BCUT2D eigenvalue weighted by Crippen LogP contribution is 2.40. The molecule has 1 saturated carbocycles. The van der Waals surface area contributed by atoms with Crippen molar-refractivity contribution < 1.29 is 14.3 Å². The fraction of sp³-hybridized carbons (Fsp3) is 0.889. The third-order valence-corrected chi connectivity index (χ3v) is 6.00. The van der Waals surface area contributed by atoms with Crippen molar-refractivity contribution in [1.82, 2.24) is 9.80 Å². The van der Waals surface area contributed by atoms with E-state index in [9.17, 15) is 9.59 Å². The van der Waals surface area contributed by atoms with Gasteiger partial charge in [0.05, 0.1) is 5.41 Å². The lowest BCUT2D eigenvalue weighted by Crippen LogP contribution is -2.51. The van der Waals surface area contributed by atoms with Gasteiger partial charge in [0.2, 0.25) is 11.8 Å². The fourth-order valence-electron chi connectivity index (χ4n) is 4.69. The van der Waals surface area contributed by atoms with Gasteiger partial charge >= 0.3 is 0 Å². The van der Waals surface area contributed by atoms with E-state index in [0.717, 1.165) is 32.4 Å². The van der Waals surface area contributed by atoms with Crippen LogP contribution in [-0.4, -0.2) is 61.5 Å². The predicted octanol–water partition coefficient (Wildman–Crippen LogP) is 2.05. The summed E-state index contributed by atoms with van der Waals surface area (Å²) in [5.41, 5.74) is -0.309. The zero-order valence-corrected chi connectivity index (χ0v) is 14.4. The predicted molar refractivity (Wildman–Crippen MR) is 87.9 cm³/mol. The van der Waals surface area contributed by atoms with Crippen LogP contribution in [0.2, 0.25) is 0 Å². The Morgan fingerprint density at radius 3 is 2.70 bits per heavy atom. The molecule has 0 aromatic heterocycles. The molecular formula is C18H30N2O3. The van der Waals surface area contributed by atoms with Crippen LogP contribution >= 0.6 is 0 Å². The molecule has 130 valence electrons. The first kappa shape index (κ1) is 16.7. The number of hydrogen-bond acceptors (Lipinski definition) is 3. The van der Waals surface area contributed by atoms with Gasteiger partial charge in [-0.15, -0.1) is 0 Å². The van der Waals surface area contributed by atoms with Crippen molar-refractivity contribution in [3.8, 4) is 0 Å². The summed E-state index contributed by atoms with van der Waals surface area (Å²) in [4.78, 5) is 29.1. The van der Waals surface area contributed by atoms with E-state index in [2.05, 4.69) is 4.90 Å². The van der Waals surface area contributed by atoms with Crippen molar-refractivity contribution in [1.29, 1.82) is 0 Å². The smallest absolute Gasteiger partial charge is 0.248 e. The number of carbonyl (C=O) groups excluding carboxylic acids is 2. The van der Waals surface area contributed by atoms with Crippen LogP contribution in [0.25, 0.3) is 0 Å². The van der Waals surface area contributed by atoms with Crippen molar-refractivity contribution in [3.63, 3.8) is 0 Å². The summed E-state index contributed by atoms with van der Waals surface area (Å²) >= 11 is 0. The number of methoxy groups -OCH3 is 1. The quantitative estimate of drug-likeness (QED) is 0.796. The maximum absolute atomic E-state index is 13.1. The third kappa shape index (κ3) is 3.54. The summed E-state index contributed by atoms with van der Waals surface area (Å²) in [5, 5.41) is 0. The van der Waals surface area contributed by atoms with Gasteiger partial charge in [0.25, 0.3) is 0 Å². The van der Waals surface area contributed by atoms with Gasteiger partial charge in [0.1, 0.15) is 6.61 Å². The third-order valence-electron chi connectivity index (χ3n) is 6.00. The van der Waals surface area contributed by atoms with Crippen molar-refractivity contribution in [3.05, 3.63) is 0 Å². The molecule has 23 heavy (non-hydrogen) atoms. The first-order valence-electron chi connectivity index (χ1n) is 9.21. The molecule has 5 heteroatoms. The molecule has 3 fully saturated rings. The molecule has 1 spiro atoms. The van der Waals surface area contributed by atoms with Crippen LogP contribution < -0.4 is 0 Å².